The number of carbonyl (C=O) groups excluding carboxylic acids is 2. The lowest BCUT2D eigenvalue weighted by Crippen LogP contribution is -2.26. The number of nitrogens with zero attached hydrogens (tertiary/aromatic N) is 2. The van der Waals surface area contributed by atoms with Crippen molar-refractivity contribution in [2.75, 3.05) is 11.9 Å². The van der Waals surface area contributed by atoms with Gasteiger partial charge in [0, 0.05) is 36.8 Å². The molecule has 1 heterocycles. The van der Waals surface area contributed by atoms with Crippen LogP contribution in [-0.2, 0) is 4.79 Å². The Labute approximate surface area is 139 Å². The third-order valence-electron chi connectivity index (χ3n) is 3.62. The van der Waals surface area contributed by atoms with Crippen molar-refractivity contribution in [1.29, 1.82) is 0 Å². The van der Waals surface area contributed by atoms with Crippen molar-refractivity contribution in [3.63, 3.8) is 0 Å². The number of amides is 1. The first-order chi connectivity index (χ1) is 11.5. The van der Waals surface area contributed by atoms with E-state index in [9.17, 15) is 9.59 Å². The summed E-state index contributed by atoms with van der Waals surface area (Å²) in [5, 5.41) is 0.961. The molecule has 0 unspecified atom stereocenters. The van der Waals surface area contributed by atoms with Gasteiger partial charge in [-0.05, 0) is 42.5 Å². The van der Waals surface area contributed by atoms with Crippen molar-refractivity contribution in [2.45, 2.75) is 6.92 Å². The first kappa shape index (κ1) is 15.7. The highest BCUT2D eigenvalue weighted by Gasteiger charge is 2.15. The van der Waals surface area contributed by atoms with Crippen molar-refractivity contribution in [3.8, 4) is 5.75 Å². The molecule has 3 rings (SSSR count). The number of pyridine rings is 1. The summed E-state index contributed by atoms with van der Waals surface area (Å²) in [7, 11) is 1.71. The topological polar surface area (TPSA) is 59.5 Å². The van der Waals surface area contributed by atoms with E-state index in [2.05, 4.69) is 4.98 Å². The molecule has 0 bridgehead atoms. The number of hydrogen-bond donors (Lipinski definition) is 0. The summed E-state index contributed by atoms with van der Waals surface area (Å²) >= 11 is 0. The molecule has 0 aliphatic carbocycles. The Kier molecular flexibility index (Phi) is 4.24. The number of anilines is 1. The van der Waals surface area contributed by atoms with Crippen molar-refractivity contribution in [2.24, 2.45) is 0 Å². The molecule has 0 atom stereocenters. The Morgan fingerprint density at radius 1 is 1.04 bits per heavy atom. The van der Waals surface area contributed by atoms with Gasteiger partial charge in [-0.2, -0.15) is 0 Å². The second kappa shape index (κ2) is 6.50. The molecule has 5 heteroatoms. The average molecular weight is 320 g/mol. The van der Waals surface area contributed by atoms with E-state index in [1.54, 1.807) is 42.4 Å². The van der Waals surface area contributed by atoms with Crippen LogP contribution in [0.3, 0.4) is 0 Å². The third-order valence-corrected chi connectivity index (χ3v) is 3.62. The van der Waals surface area contributed by atoms with Crippen LogP contribution in [0.4, 0.5) is 5.69 Å². The minimum atomic E-state index is -0.421. The highest BCUT2D eigenvalue weighted by molar-refractivity contribution is 6.06. The quantitative estimate of drug-likeness (QED) is 0.548. The van der Waals surface area contributed by atoms with Crippen LogP contribution in [0.2, 0.25) is 0 Å². The Morgan fingerprint density at radius 3 is 2.67 bits per heavy atom. The minimum Gasteiger partial charge on any atom is -0.427 e. The second-order valence-electron chi connectivity index (χ2n) is 5.37. The fraction of sp³-hybridized carbons (Fsp3) is 0.105. The van der Waals surface area contributed by atoms with Crippen LogP contribution in [0.15, 0.2) is 60.8 Å². The number of aromatic nitrogens is 1. The van der Waals surface area contributed by atoms with Gasteiger partial charge in [-0.25, -0.2) is 0 Å². The van der Waals surface area contributed by atoms with Crippen molar-refractivity contribution in [1.82, 2.24) is 4.98 Å². The molecule has 2 aromatic carbocycles. The van der Waals surface area contributed by atoms with Crippen LogP contribution in [-0.4, -0.2) is 23.9 Å². The summed E-state index contributed by atoms with van der Waals surface area (Å²) < 4.78 is 5.03. The van der Waals surface area contributed by atoms with E-state index in [-0.39, 0.29) is 5.91 Å². The van der Waals surface area contributed by atoms with Gasteiger partial charge in [-0.3, -0.25) is 14.6 Å². The lowest BCUT2D eigenvalue weighted by atomic mass is 10.1. The molecule has 1 amide bonds. The number of ether oxygens (including phenoxy) is 1. The number of rotatable bonds is 3. The van der Waals surface area contributed by atoms with Crippen LogP contribution in [0.1, 0.15) is 17.3 Å². The van der Waals surface area contributed by atoms with E-state index >= 15 is 0 Å². The Hall–Kier alpha value is -3.21. The van der Waals surface area contributed by atoms with E-state index in [1.807, 2.05) is 30.3 Å². The van der Waals surface area contributed by atoms with Crippen LogP contribution >= 0.6 is 0 Å². The van der Waals surface area contributed by atoms with E-state index in [0.29, 0.717) is 11.3 Å². The monoisotopic (exact) mass is 320 g/mol. The summed E-state index contributed by atoms with van der Waals surface area (Å²) in [5.74, 6) is -0.258. The SMILES string of the molecule is CC(=O)Oc1cccc(C(=O)N(C)c2ccc3ncccc3c2)c1. The molecule has 0 saturated heterocycles. The van der Waals surface area contributed by atoms with Gasteiger partial charge in [0.05, 0.1) is 5.52 Å². The number of hydrogen-bond acceptors (Lipinski definition) is 4. The molecular formula is C19H16N2O3. The van der Waals surface area contributed by atoms with E-state index < -0.39 is 5.97 Å². The maximum Gasteiger partial charge on any atom is 0.308 e. The first-order valence-electron chi connectivity index (χ1n) is 7.46. The lowest BCUT2D eigenvalue weighted by molar-refractivity contribution is -0.131. The minimum absolute atomic E-state index is 0.188. The molecule has 0 aliphatic heterocycles. The van der Waals surface area contributed by atoms with Gasteiger partial charge in [0.15, 0.2) is 0 Å². The molecule has 0 radical (unpaired) electrons. The zero-order valence-corrected chi connectivity index (χ0v) is 13.4. The molecule has 0 N–H and O–H groups in total. The smallest absolute Gasteiger partial charge is 0.308 e. The van der Waals surface area contributed by atoms with Crippen molar-refractivity contribution in [3.05, 3.63) is 66.4 Å². The summed E-state index contributed by atoms with van der Waals surface area (Å²) in [5.41, 5.74) is 2.08. The molecule has 5 nitrogen and oxygen atoms in total. The fourth-order valence-corrected chi connectivity index (χ4v) is 2.44. The van der Waals surface area contributed by atoms with Gasteiger partial charge in [-0.1, -0.05) is 12.1 Å². The Morgan fingerprint density at radius 2 is 1.88 bits per heavy atom. The molecule has 24 heavy (non-hydrogen) atoms. The van der Waals surface area contributed by atoms with Gasteiger partial charge in [-0.15, -0.1) is 0 Å². The van der Waals surface area contributed by atoms with E-state index in [0.717, 1.165) is 16.6 Å². The number of fused-ring (bicyclic) bond motifs is 1. The van der Waals surface area contributed by atoms with Gasteiger partial charge in [0.1, 0.15) is 5.75 Å². The van der Waals surface area contributed by atoms with Crippen LogP contribution in [0.5, 0.6) is 5.75 Å². The largest absolute Gasteiger partial charge is 0.427 e. The zero-order chi connectivity index (χ0) is 17.1. The molecule has 120 valence electrons. The van der Waals surface area contributed by atoms with E-state index in [1.165, 1.54) is 6.92 Å². The highest BCUT2D eigenvalue weighted by atomic mass is 16.5. The van der Waals surface area contributed by atoms with E-state index in [4.69, 9.17) is 4.74 Å². The number of carbonyl (C=O) groups is 2. The standard InChI is InChI=1S/C19H16N2O3/c1-13(22)24-17-7-3-5-15(12-17)19(23)21(2)16-8-9-18-14(11-16)6-4-10-20-18/h3-12H,1-2H3. The molecular weight excluding hydrogens is 304 g/mol. The molecule has 3 aromatic rings. The van der Waals surface area contributed by atoms with Gasteiger partial charge >= 0.3 is 5.97 Å². The highest BCUT2D eigenvalue weighted by Crippen LogP contribution is 2.22. The van der Waals surface area contributed by atoms with Gasteiger partial charge in [0.25, 0.3) is 5.91 Å². The third kappa shape index (κ3) is 3.25. The summed E-state index contributed by atoms with van der Waals surface area (Å²) in [6.07, 6.45) is 1.73. The van der Waals surface area contributed by atoms with Crippen LogP contribution in [0, 0.1) is 0 Å². The fourth-order valence-electron chi connectivity index (χ4n) is 2.44. The van der Waals surface area contributed by atoms with Gasteiger partial charge in [0.2, 0.25) is 0 Å². The average Bonchev–Trinajstić information content (AvgIpc) is 2.59. The second-order valence-corrected chi connectivity index (χ2v) is 5.37. The molecule has 0 spiro atoms. The Balaban J connectivity index is 1.89. The summed E-state index contributed by atoms with van der Waals surface area (Å²) in [4.78, 5) is 29.6. The summed E-state index contributed by atoms with van der Waals surface area (Å²) in [6.45, 7) is 1.32. The van der Waals surface area contributed by atoms with Crippen LogP contribution < -0.4 is 9.64 Å². The first-order valence-corrected chi connectivity index (χ1v) is 7.46. The predicted octanol–water partition coefficient (Wildman–Crippen LogP) is 3.44. The maximum atomic E-state index is 12.7. The van der Waals surface area contributed by atoms with Crippen molar-refractivity contribution < 1.29 is 14.3 Å². The summed E-state index contributed by atoms with van der Waals surface area (Å²) in [6, 6.07) is 16.0. The zero-order valence-electron chi connectivity index (χ0n) is 13.4. The Bertz CT molecular complexity index is 921. The van der Waals surface area contributed by atoms with Crippen molar-refractivity contribution >= 4 is 28.5 Å². The molecule has 0 saturated carbocycles. The number of benzene rings is 2. The molecule has 0 fully saturated rings. The lowest BCUT2D eigenvalue weighted by Gasteiger charge is -2.18. The molecule has 1 aromatic heterocycles. The molecule has 0 aliphatic rings. The normalized spacial score (nSPS) is 10.4. The van der Waals surface area contributed by atoms with Gasteiger partial charge < -0.3 is 9.64 Å². The predicted molar refractivity (Wildman–Crippen MR) is 92.2 cm³/mol. The maximum absolute atomic E-state index is 12.7. The number of esters is 1. The van der Waals surface area contributed by atoms with Crippen LogP contribution in [0.25, 0.3) is 10.9 Å².